The molecule has 1 amide bonds. The number of nitrogens with two attached hydrogens (primary N) is 1. The van der Waals surface area contributed by atoms with Crippen LogP contribution in [0.3, 0.4) is 0 Å². The third-order valence-electron chi connectivity index (χ3n) is 2.29. The van der Waals surface area contributed by atoms with Crippen molar-refractivity contribution in [1.82, 2.24) is 15.1 Å². The maximum absolute atomic E-state index is 11.7. The second-order valence-corrected chi connectivity index (χ2v) is 6.78. The first-order valence-corrected chi connectivity index (χ1v) is 7.62. The van der Waals surface area contributed by atoms with Crippen LogP contribution < -0.4 is 10.5 Å². The van der Waals surface area contributed by atoms with E-state index in [-0.39, 0.29) is 16.7 Å². The van der Waals surface area contributed by atoms with Crippen molar-refractivity contribution in [3.05, 3.63) is 35.0 Å². The number of rotatable bonds is 4. The first-order valence-electron chi connectivity index (χ1n) is 5.25. The Hall–Kier alpha value is -1.71. The Morgan fingerprint density at radius 2 is 2.21 bits per heavy atom. The Morgan fingerprint density at radius 3 is 2.74 bits per heavy atom. The number of hydrogen-bond acceptors (Lipinski definition) is 5. The maximum Gasteiger partial charge on any atom is 0.272 e. The zero-order valence-corrected chi connectivity index (χ0v) is 11.7. The van der Waals surface area contributed by atoms with Gasteiger partial charge in [0.25, 0.3) is 5.91 Å². The number of thiophene rings is 1. The number of hydrogen-bond donors (Lipinski definition) is 2. The monoisotopic (exact) mass is 300 g/mol. The van der Waals surface area contributed by atoms with E-state index in [1.54, 1.807) is 25.4 Å². The van der Waals surface area contributed by atoms with Crippen molar-refractivity contribution in [3.63, 3.8) is 0 Å². The largest absolute Gasteiger partial charge is 0.346 e. The molecule has 0 fully saturated rings. The van der Waals surface area contributed by atoms with E-state index in [4.69, 9.17) is 5.14 Å². The highest BCUT2D eigenvalue weighted by atomic mass is 32.2. The summed E-state index contributed by atoms with van der Waals surface area (Å²) in [4.78, 5) is 12.4. The van der Waals surface area contributed by atoms with Crippen molar-refractivity contribution in [1.29, 1.82) is 0 Å². The molecular weight excluding hydrogens is 288 g/mol. The fourth-order valence-electron chi connectivity index (χ4n) is 1.40. The van der Waals surface area contributed by atoms with Crippen molar-refractivity contribution in [2.75, 3.05) is 0 Å². The van der Waals surface area contributed by atoms with Gasteiger partial charge in [0.1, 0.15) is 9.90 Å². The molecule has 0 radical (unpaired) electrons. The smallest absolute Gasteiger partial charge is 0.272 e. The van der Waals surface area contributed by atoms with Crippen molar-refractivity contribution >= 4 is 27.3 Å². The minimum atomic E-state index is -3.68. The van der Waals surface area contributed by atoms with Crippen molar-refractivity contribution < 1.29 is 13.2 Å². The maximum atomic E-state index is 11.7. The molecule has 2 aromatic rings. The Bertz CT molecular complexity index is 702. The van der Waals surface area contributed by atoms with Gasteiger partial charge in [0.2, 0.25) is 10.0 Å². The van der Waals surface area contributed by atoms with Crippen molar-refractivity contribution in [2.24, 2.45) is 12.2 Å². The van der Waals surface area contributed by atoms with Gasteiger partial charge in [-0.25, -0.2) is 13.6 Å². The molecule has 0 aliphatic rings. The van der Waals surface area contributed by atoms with E-state index in [2.05, 4.69) is 10.4 Å². The quantitative estimate of drug-likeness (QED) is 0.832. The van der Waals surface area contributed by atoms with E-state index >= 15 is 0 Å². The summed E-state index contributed by atoms with van der Waals surface area (Å²) in [6.45, 7) is 0.232. The van der Waals surface area contributed by atoms with Gasteiger partial charge >= 0.3 is 0 Å². The highest BCUT2D eigenvalue weighted by Gasteiger charge is 2.12. The predicted octanol–water partition coefficient (Wildman–Crippen LogP) is 0.0590. The van der Waals surface area contributed by atoms with Gasteiger partial charge in [-0.2, -0.15) is 5.10 Å². The van der Waals surface area contributed by atoms with Crippen LogP contribution in [0.4, 0.5) is 0 Å². The van der Waals surface area contributed by atoms with Crippen LogP contribution in [0.5, 0.6) is 0 Å². The molecule has 0 atom stereocenters. The summed E-state index contributed by atoms with van der Waals surface area (Å²) in [5.74, 6) is -0.314. The van der Waals surface area contributed by atoms with Crippen molar-refractivity contribution in [2.45, 2.75) is 10.8 Å². The van der Waals surface area contributed by atoms with Crippen LogP contribution in [0, 0.1) is 0 Å². The van der Waals surface area contributed by atoms with E-state index < -0.39 is 10.0 Å². The van der Waals surface area contributed by atoms with Gasteiger partial charge in [-0.15, -0.1) is 11.3 Å². The van der Waals surface area contributed by atoms with E-state index in [1.165, 1.54) is 10.7 Å². The molecule has 0 aliphatic carbocycles. The molecule has 0 aromatic carbocycles. The summed E-state index contributed by atoms with van der Waals surface area (Å²) in [5, 5.41) is 11.6. The molecule has 2 heterocycles. The molecule has 0 saturated carbocycles. The molecule has 0 saturated heterocycles. The van der Waals surface area contributed by atoms with Gasteiger partial charge in [-0.1, -0.05) is 0 Å². The summed E-state index contributed by atoms with van der Waals surface area (Å²) < 4.78 is 23.8. The van der Waals surface area contributed by atoms with Gasteiger partial charge in [0.15, 0.2) is 0 Å². The van der Waals surface area contributed by atoms with Crippen LogP contribution >= 0.6 is 11.3 Å². The van der Waals surface area contributed by atoms with Gasteiger partial charge in [-0.05, 0) is 18.2 Å². The Balaban J connectivity index is 1.99. The SMILES string of the molecule is Cn1ccc(C(=O)NCc2ccc(S(N)(=O)=O)s2)n1. The van der Waals surface area contributed by atoms with Crippen LogP contribution in [0.15, 0.2) is 28.6 Å². The highest BCUT2D eigenvalue weighted by Crippen LogP contribution is 2.19. The fourth-order valence-corrected chi connectivity index (χ4v) is 3.12. The zero-order valence-electron chi connectivity index (χ0n) is 10.0. The van der Waals surface area contributed by atoms with Crippen LogP contribution in [0.1, 0.15) is 15.4 Å². The van der Waals surface area contributed by atoms with E-state index in [9.17, 15) is 13.2 Å². The fraction of sp³-hybridized carbons (Fsp3) is 0.200. The summed E-state index contributed by atoms with van der Waals surface area (Å²) in [6.07, 6.45) is 1.67. The second-order valence-electron chi connectivity index (χ2n) is 3.82. The number of carbonyl (C=O) groups excluding carboxylic acids is 1. The van der Waals surface area contributed by atoms with Gasteiger partial charge in [-0.3, -0.25) is 9.48 Å². The number of nitrogens with one attached hydrogen (secondary N) is 1. The lowest BCUT2D eigenvalue weighted by molar-refractivity contribution is 0.0945. The molecule has 3 N–H and O–H groups in total. The lowest BCUT2D eigenvalue weighted by Crippen LogP contribution is -2.22. The second kappa shape index (κ2) is 5.11. The number of aromatic nitrogens is 2. The Kier molecular flexibility index (Phi) is 3.69. The topological polar surface area (TPSA) is 107 Å². The number of primary sulfonamides is 1. The average molecular weight is 300 g/mol. The van der Waals surface area contributed by atoms with Gasteiger partial charge in [0, 0.05) is 18.1 Å². The van der Waals surface area contributed by atoms with Crippen LogP contribution in [-0.4, -0.2) is 24.1 Å². The average Bonchev–Trinajstić information content (AvgIpc) is 2.93. The number of amides is 1. The van der Waals surface area contributed by atoms with Crippen LogP contribution in [-0.2, 0) is 23.6 Å². The molecule has 0 spiro atoms. The number of carbonyl (C=O) groups is 1. The lowest BCUT2D eigenvalue weighted by atomic mass is 10.4. The molecule has 0 aliphatic heterocycles. The Morgan fingerprint density at radius 1 is 1.47 bits per heavy atom. The van der Waals surface area contributed by atoms with Crippen LogP contribution in [0.2, 0.25) is 0 Å². The predicted molar refractivity (Wildman–Crippen MR) is 70.1 cm³/mol. The standard InChI is InChI=1S/C10H12N4O3S2/c1-14-5-4-8(13-14)10(15)12-6-7-2-3-9(18-7)19(11,16)17/h2-5H,6H2,1H3,(H,12,15)(H2,11,16,17). The highest BCUT2D eigenvalue weighted by molar-refractivity contribution is 7.91. The minimum absolute atomic E-state index is 0.0783. The van der Waals surface area contributed by atoms with Gasteiger partial charge in [0.05, 0.1) is 6.54 Å². The molecule has 0 unspecified atom stereocenters. The number of sulfonamides is 1. The third kappa shape index (κ3) is 3.40. The molecule has 102 valence electrons. The summed E-state index contributed by atoms with van der Waals surface area (Å²) >= 11 is 1.03. The van der Waals surface area contributed by atoms with E-state index in [0.717, 1.165) is 11.3 Å². The van der Waals surface area contributed by atoms with Crippen LogP contribution in [0.25, 0.3) is 0 Å². The molecule has 2 rings (SSSR count). The van der Waals surface area contributed by atoms with E-state index in [1.807, 2.05) is 0 Å². The molecule has 19 heavy (non-hydrogen) atoms. The molecule has 7 nitrogen and oxygen atoms in total. The number of nitrogens with zero attached hydrogens (tertiary/aromatic N) is 2. The first kappa shape index (κ1) is 13.7. The third-order valence-corrected chi connectivity index (χ3v) is 4.81. The Labute approximate surface area is 114 Å². The molecule has 9 heteroatoms. The van der Waals surface area contributed by atoms with Gasteiger partial charge < -0.3 is 5.32 Å². The number of aryl methyl sites for hydroxylation is 1. The summed E-state index contributed by atoms with van der Waals surface area (Å²) in [6, 6.07) is 4.63. The molecule has 2 aromatic heterocycles. The molecular formula is C10H12N4O3S2. The molecule has 0 bridgehead atoms. The lowest BCUT2D eigenvalue weighted by Gasteiger charge is -2.00. The normalized spacial score (nSPS) is 11.5. The zero-order chi connectivity index (χ0) is 14.0. The van der Waals surface area contributed by atoms with Crippen molar-refractivity contribution in [3.8, 4) is 0 Å². The first-order chi connectivity index (χ1) is 8.86. The van der Waals surface area contributed by atoms with E-state index in [0.29, 0.717) is 10.6 Å². The summed E-state index contributed by atoms with van der Waals surface area (Å²) in [7, 11) is -1.96. The summed E-state index contributed by atoms with van der Waals surface area (Å²) in [5.41, 5.74) is 0.311. The minimum Gasteiger partial charge on any atom is -0.346 e.